The van der Waals surface area contributed by atoms with E-state index in [9.17, 15) is 12.8 Å². The van der Waals surface area contributed by atoms with Gasteiger partial charge in [-0.05, 0) is 37.3 Å². The van der Waals surface area contributed by atoms with Gasteiger partial charge in [0.1, 0.15) is 22.3 Å². The molecule has 2 N–H and O–H groups in total. The highest BCUT2D eigenvalue weighted by Crippen LogP contribution is 2.34. The van der Waals surface area contributed by atoms with Crippen LogP contribution >= 0.6 is 0 Å². The molecule has 1 aliphatic carbocycles. The van der Waals surface area contributed by atoms with Crippen LogP contribution in [0.1, 0.15) is 24.8 Å². The van der Waals surface area contributed by atoms with Gasteiger partial charge in [0.2, 0.25) is 10.0 Å². The van der Waals surface area contributed by atoms with Crippen molar-refractivity contribution in [2.45, 2.75) is 30.2 Å². The fraction of sp³-hybridized carbons (Fsp3) is 0.462. The summed E-state index contributed by atoms with van der Waals surface area (Å²) < 4.78 is 40.5. The molecule has 1 unspecified atom stereocenters. The van der Waals surface area contributed by atoms with Crippen molar-refractivity contribution in [3.63, 3.8) is 0 Å². The van der Waals surface area contributed by atoms with Crippen LogP contribution in [-0.4, -0.2) is 26.2 Å². The Labute approximate surface area is 117 Å². The van der Waals surface area contributed by atoms with Gasteiger partial charge in [-0.15, -0.1) is 0 Å². The lowest BCUT2D eigenvalue weighted by Gasteiger charge is -2.17. The lowest BCUT2D eigenvalue weighted by Crippen LogP contribution is -2.37. The summed E-state index contributed by atoms with van der Waals surface area (Å²) in [5.41, 5.74) is -0.487. The maximum absolute atomic E-state index is 13.5. The zero-order valence-electron chi connectivity index (χ0n) is 10.7. The molecule has 7 heteroatoms. The molecule has 0 radical (unpaired) electrons. The molecule has 0 heterocycles. The number of nitriles is 1. The number of aliphatic hydroxyl groups excluding tert-OH is 1. The Balaban J connectivity index is 2.31. The fourth-order valence-corrected chi connectivity index (χ4v) is 3.63. The molecule has 1 fully saturated rings. The van der Waals surface area contributed by atoms with Crippen LogP contribution < -0.4 is 4.72 Å². The van der Waals surface area contributed by atoms with Crippen LogP contribution in [0.2, 0.25) is 0 Å². The monoisotopic (exact) mass is 298 g/mol. The van der Waals surface area contributed by atoms with E-state index >= 15 is 0 Å². The van der Waals surface area contributed by atoms with Gasteiger partial charge in [-0.1, -0.05) is 6.07 Å². The van der Waals surface area contributed by atoms with E-state index in [0.717, 1.165) is 18.9 Å². The van der Waals surface area contributed by atoms with Crippen LogP contribution in [0.3, 0.4) is 0 Å². The van der Waals surface area contributed by atoms with Crippen molar-refractivity contribution in [1.29, 1.82) is 5.26 Å². The van der Waals surface area contributed by atoms with Crippen LogP contribution in [0.25, 0.3) is 0 Å². The predicted molar refractivity (Wildman–Crippen MR) is 69.7 cm³/mol. The Kier molecular flexibility index (Phi) is 4.38. The fourth-order valence-electron chi connectivity index (χ4n) is 2.13. The van der Waals surface area contributed by atoms with Gasteiger partial charge in [0, 0.05) is 12.6 Å². The van der Waals surface area contributed by atoms with Gasteiger partial charge in [-0.2, -0.15) is 5.26 Å². The summed E-state index contributed by atoms with van der Waals surface area (Å²) in [5, 5.41) is 17.9. The molecule has 0 aliphatic heterocycles. The van der Waals surface area contributed by atoms with Crippen molar-refractivity contribution >= 4 is 10.0 Å². The van der Waals surface area contributed by atoms with Gasteiger partial charge in [0.05, 0.1) is 0 Å². The Morgan fingerprint density at radius 1 is 1.50 bits per heavy atom. The zero-order valence-corrected chi connectivity index (χ0v) is 11.5. The molecular formula is C13H15FN2O3S. The third-order valence-corrected chi connectivity index (χ3v) is 4.85. The first-order chi connectivity index (χ1) is 9.49. The first kappa shape index (κ1) is 14.9. The minimum Gasteiger partial charge on any atom is -0.396 e. The lowest BCUT2D eigenvalue weighted by molar-refractivity contribution is 0.265. The van der Waals surface area contributed by atoms with Crippen molar-refractivity contribution in [3.8, 4) is 6.07 Å². The summed E-state index contributed by atoms with van der Waals surface area (Å²) >= 11 is 0. The van der Waals surface area contributed by atoms with Crippen LogP contribution in [-0.2, 0) is 10.0 Å². The van der Waals surface area contributed by atoms with Crippen molar-refractivity contribution in [1.82, 2.24) is 4.72 Å². The molecular weight excluding hydrogens is 283 g/mol. The standard InChI is InChI=1S/C13H15FN2O3S/c14-11-2-1-3-13(10(11)8-15)20(18,19)16-12(6-7-17)9-4-5-9/h1-3,9,12,16-17H,4-7H2. The molecule has 1 aromatic carbocycles. The third-order valence-electron chi connectivity index (χ3n) is 3.31. The molecule has 20 heavy (non-hydrogen) atoms. The average Bonchev–Trinajstić information content (AvgIpc) is 3.22. The Bertz CT molecular complexity index is 636. The van der Waals surface area contributed by atoms with E-state index in [4.69, 9.17) is 10.4 Å². The molecule has 1 aromatic rings. The van der Waals surface area contributed by atoms with Gasteiger partial charge in [-0.25, -0.2) is 17.5 Å². The largest absolute Gasteiger partial charge is 0.396 e. The number of rotatable bonds is 6. The first-order valence-corrected chi connectivity index (χ1v) is 7.79. The van der Waals surface area contributed by atoms with Crippen molar-refractivity contribution in [3.05, 3.63) is 29.6 Å². The molecule has 108 valence electrons. The van der Waals surface area contributed by atoms with E-state index in [1.54, 1.807) is 6.07 Å². The molecule has 2 rings (SSSR count). The number of nitrogens with zero attached hydrogens (tertiary/aromatic N) is 1. The summed E-state index contributed by atoms with van der Waals surface area (Å²) in [7, 11) is -3.98. The molecule has 0 saturated heterocycles. The van der Waals surface area contributed by atoms with Gasteiger partial charge in [0.15, 0.2) is 0 Å². The zero-order chi connectivity index (χ0) is 14.8. The highest BCUT2D eigenvalue weighted by atomic mass is 32.2. The predicted octanol–water partition coefficient (Wildman–Crippen LogP) is 1.14. The Hall–Kier alpha value is -1.49. The highest BCUT2D eigenvalue weighted by Gasteiger charge is 2.34. The average molecular weight is 298 g/mol. The number of hydrogen-bond donors (Lipinski definition) is 2. The number of halogens is 1. The summed E-state index contributed by atoms with van der Waals surface area (Å²) in [6, 6.07) is 4.70. The van der Waals surface area contributed by atoms with Crippen LogP contribution in [0.15, 0.2) is 23.1 Å². The lowest BCUT2D eigenvalue weighted by atomic mass is 10.1. The highest BCUT2D eigenvalue weighted by molar-refractivity contribution is 7.89. The minimum absolute atomic E-state index is 0.127. The number of benzene rings is 1. The van der Waals surface area contributed by atoms with Gasteiger partial charge >= 0.3 is 0 Å². The van der Waals surface area contributed by atoms with Crippen molar-refractivity contribution in [2.24, 2.45) is 5.92 Å². The van der Waals surface area contributed by atoms with Crippen LogP contribution in [0.4, 0.5) is 4.39 Å². The molecule has 1 aliphatic rings. The minimum atomic E-state index is -3.98. The van der Waals surface area contributed by atoms with E-state index in [0.29, 0.717) is 6.42 Å². The molecule has 5 nitrogen and oxygen atoms in total. The van der Waals surface area contributed by atoms with E-state index in [2.05, 4.69) is 4.72 Å². The second-order valence-corrected chi connectivity index (χ2v) is 6.48. The number of aliphatic hydroxyl groups is 1. The van der Waals surface area contributed by atoms with Gasteiger partial charge < -0.3 is 5.11 Å². The van der Waals surface area contributed by atoms with Crippen molar-refractivity contribution < 1.29 is 17.9 Å². The van der Waals surface area contributed by atoms with E-state index in [1.807, 2.05) is 0 Å². The second kappa shape index (κ2) is 5.87. The summed E-state index contributed by atoms with van der Waals surface area (Å²) in [6.45, 7) is -0.127. The number of nitrogens with one attached hydrogen (secondary N) is 1. The maximum Gasteiger partial charge on any atom is 0.242 e. The Morgan fingerprint density at radius 3 is 2.75 bits per heavy atom. The smallest absolute Gasteiger partial charge is 0.242 e. The van der Waals surface area contributed by atoms with E-state index in [1.165, 1.54) is 12.1 Å². The third kappa shape index (κ3) is 3.15. The van der Waals surface area contributed by atoms with Crippen LogP contribution in [0.5, 0.6) is 0 Å². The molecule has 0 amide bonds. The molecule has 0 spiro atoms. The van der Waals surface area contributed by atoms with Gasteiger partial charge in [-0.3, -0.25) is 0 Å². The second-order valence-electron chi connectivity index (χ2n) is 4.80. The number of hydrogen-bond acceptors (Lipinski definition) is 4. The summed E-state index contributed by atoms with van der Waals surface area (Å²) in [4.78, 5) is -0.358. The van der Waals surface area contributed by atoms with Crippen molar-refractivity contribution in [2.75, 3.05) is 6.61 Å². The number of sulfonamides is 1. The molecule has 0 aromatic heterocycles. The molecule has 0 bridgehead atoms. The van der Waals surface area contributed by atoms with Gasteiger partial charge in [0.25, 0.3) is 0 Å². The summed E-state index contributed by atoms with van der Waals surface area (Å²) in [6.07, 6.45) is 2.12. The van der Waals surface area contributed by atoms with E-state index in [-0.39, 0.29) is 23.5 Å². The first-order valence-electron chi connectivity index (χ1n) is 6.31. The SMILES string of the molecule is N#Cc1c(F)cccc1S(=O)(=O)NC(CCO)C1CC1. The normalized spacial score (nSPS) is 16.6. The quantitative estimate of drug-likeness (QED) is 0.824. The van der Waals surface area contributed by atoms with E-state index < -0.39 is 21.4 Å². The van der Waals surface area contributed by atoms with Crippen LogP contribution in [0, 0.1) is 23.1 Å². The topological polar surface area (TPSA) is 90.2 Å². The molecule has 1 saturated carbocycles. The Morgan fingerprint density at radius 2 is 2.20 bits per heavy atom. The maximum atomic E-state index is 13.5. The summed E-state index contributed by atoms with van der Waals surface area (Å²) in [5.74, 6) is -0.656. The molecule has 1 atom stereocenters.